The summed E-state index contributed by atoms with van der Waals surface area (Å²) in [5.74, 6) is 0. The fraction of sp³-hybridized carbons (Fsp3) is 0.647. The Labute approximate surface area is 118 Å². The molecule has 1 fully saturated rings. The third kappa shape index (κ3) is 3.80. The predicted molar refractivity (Wildman–Crippen MR) is 82.6 cm³/mol. The second-order valence-corrected chi connectivity index (χ2v) is 6.09. The number of benzene rings is 1. The van der Waals surface area contributed by atoms with Crippen LogP contribution >= 0.6 is 0 Å². The third-order valence-electron chi connectivity index (χ3n) is 4.47. The van der Waals surface area contributed by atoms with Crippen LogP contribution in [0.5, 0.6) is 0 Å². The summed E-state index contributed by atoms with van der Waals surface area (Å²) in [5.41, 5.74) is 5.64. The van der Waals surface area contributed by atoms with Gasteiger partial charge < -0.3 is 5.32 Å². The number of nitrogens with one attached hydrogen (secondary N) is 1. The summed E-state index contributed by atoms with van der Waals surface area (Å²) in [5, 5.41) is 3.62. The van der Waals surface area contributed by atoms with E-state index >= 15 is 0 Å². The lowest BCUT2D eigenvalue weighted by Gasteiger charge is -2.24. The van der Waals surface area contributed by atoms with E-state index in [1.54, 1.807) is 0 Å². The average Bonchev–Trinajstić information content (AvgIpc) is 2.89. The highest BCUT2D eigenvalue weighted by Crippen LogP contribution is 2.15. The number of nitrogens with zero attached hydrogens (tertiary/aromatic N) is 1. The van der Waals surface area contributed by atoms with Crippen LogP contribution in [0.4, 0.5) is 0 Å². The van der Waals surface area contributed by atoms with Crippen molar-refractivity contribution in [1.82, 2.24) is 10.2 Å². The second kappa shape index (κ2) is 6.53. The van der Waals surface area contributed by atoms with Crippen LogP contribution in [0, 0.1) is 20.8 Å². The van der Waals surface area contributed by atoms with Crippen molar-refractivity contribution in [1.29, 1.82) is 0 Å². The Morgan fingerprint density at radius 1 is 1.05 bits per heavy atom. The van der Waals surface area contributed by atoms with Crippen LogP contribution < -0.4 is 5.32 Å². The van der Waals surface area contributed by atoms with Gasteiger partial charge in [0.05, 0.1) is 0 Å². The monoisotopic (exact) mass is 260 g/mol. The van der Waals surface area contributed by atoms with Crippen molar-refractivity contribution >= 4 is 0 Å². The summed E-state index contributed by atoms with van der Waals surface area (Å²) in [6, 6.07) is 5.29. The van der Waals surface area contributed by atoms with Crippen molar-refractivity contribution < 1.29 is 0 Å². The predicted octanol–water partition coefficient (Wildman–Crippen LogP) is 3.19. The molecule has 2 nitrogen and oxygen atoms in total. The van der Waals surface area contributed by atoms with Crippen molar-refractivity contribution in [2.45, 2.75) is 53.1 Å². The maximum absolute atomic E-state index is 3.62. The molecule has 1 N–H and O–H groups in total. The Hall–Kier alpha value is -0.860. The van der Waals surface area contributed by atoms with Crippen molar-refractivity contribution in [3.8, 4) is 0 Å². The highest BCUT2D eigenvalue weighted by Gasteiger charge is 2.17. The van der Waals surface area contributed by atoms with Crippen LogP contribution in [0.2, 0.25) is 0 Å². The van der Waals surface area contributed by atoms with Gasteiger partial charge >= 0.3 is 0 Å². The van der Waals surface area contributed by atoms with Gasteiger partial charge in [0, 0.05) is 19.1 Å². The molecule has 1 unspecified atom stereocenters. The molecule has 1 aromatic carbocycles. The Bertz CT molecular complexity index is 420. The zero-order chi connectivity index (χ0) is 13.8. The number of likely N-dealkylation sites (tertiary alicyclic amines) is 1. The molecule has 0 aromatic heterocycles. The zero-order valence-electron chi connectivity index (χ0n) is 12.9. The number of hydrogen-bond acceptors (Lipinski definition) is 2. The molecular formula is C17H28N2. The van der Waals surface area contributed by atoms with Crippen molar-refractivity contribution in [3.05, 3.63) is 34.4 Å². The van der Waals surface area contributed by atoms with Crippen LogP contribution in [0.25, 0.3) is 0 Å². The van der Waals surface area contributed by atoms with E-state index in [1.165, 1.54) is 48.2 Å². The molecule has 0 saturated carbocycles. The lowest BCUT2D eigenvalue weighted by Crippen LogP contribution is -2.38. The Balaban J connectivity index is 1.83. The SMILES string of the molecule is Cc1cc(C)c(CNCC(C)N2CCCC2)cc1C. The van der Waals surface area contributed by atoms with Gasteiger partial charge in [0.15, 0.2) is 0 Å². The third-order valence-corrected chi connectivity index (χ3v) is 4.47. The summed E-state index contributed by atoms with van der Waals surface area (Å²) in [7, 11) is 0. The van der Waals surface area contributed by atoms with Crippen LogP contribution in [0.15, 0.2) is 12.1 Å². The fourth-order valence-corrected chi connectivity index (χ4v) is 2.94. The highest BCUT2D eigenvalue weighted by atomic mass is 15.2. The first kappa shape index (κ1) is 14.5. The summed E-state index contributed by atoms with van der Waals surface area (Å²) < 4.78 is 0. The molecule has 0 spiro atoms. The Kier molecular flexibility index (Phi) is 5.00. The van der Waals surface area contributed by atoms with E-state index in [2.05, 4.69) is 50.0 Å². The minimum Gasteiger partial charge on any atom is -0.311 e. The van der Waals surface area contributed by atoms with Gasteiger partial charge in [0.2, 0.25) is 0 Å². The van der Waals surface area contributed by atoms with Gasteiger partial charge in [-0.3, -0.25) is 4.90 Å². The largest absolute Gasteiger partial charge is 0.311 e. The summed E-state index contributed by atoms with van der Waals surface area (Å²) in [6.45, 7) is 13.6. The molecule has 1 aromatic rings. The number of hydrogen-bond donors (Lipinski definition) is 1. The molecule has 1 atom stereocenters. The van der Waals surface area contributed by atoms with Crippen LogP contribution in [-0.4, -0.2) is 30.6 Å². The Morgan fingerprint density at radius 3 is 2.37 bits per heavy atom. The van der Waals surface area contributed by atoms with Gasteiger partial charge in [-0.15, -0.1) is 0 Å². The Morgan fingerprint density at radius 2 is 1.68 bits per heavy atom. The smallest absolute Gasteiger partial charge is 0.0208 e. The topological polar surface area (TPSA) is 15.3 Å². The minimum atomic E-state index is 0.661. The highest BCUT2D eigenvalue weighted by molar-refractivity contribution is 5.36. The molecule has 2 heteroatoms. The first-order chi connectivity index (χ1) is 9.08. The van der Waals surface area contributed by atoms with Gasteiger partial charge in [-0.05, 0) is 75.9 Å². The van der Waals surface area contributed by atoms with E-state index in [0.29, 0.717) is 6.04 Å². The first-order valence-corrected chi connectivity index (χ1v) is 7.59. The molecule has 106 valence electrons. The molecule has 19 heavy (non-hydrogen) atoms. The quantitative estimate of drug-likeness (QED) is 0.874. The maximum Gasteiger partial charge on any atom is 0.0208 e. The summed E-state index contributed by atoms with van der Waals surface area (Å²) in [6.07, 6.45) is 2.75. The maximum atomic E-state index is 3.62. The second-order valence-electron chi connectivity index (χ2n) is 6.09. The molecule has 2 rings (SSSR count). The van der Waals surface area contributed by atoms with E-state index in [0.717, 1.165) is 13.1 Å². The molecule has 0 aliphatic carbocycles. The van der Waals surface area contributed by atoms with E-state index < -0.39 is 0 Å². The van der Waals surface area contributed by atoms with E-state index in [4.69, 9.17) is 0 Å². The standard InChI is InChI=1S/C17H28N2/c1-13-9-15(3)17(10-14(13)2)12-18-11-16(4)19-7-5-6-8-19/h9-10,16,18H,5-8,11-12H2,1-4H3. The van der Waals surface area contributed by atoms with Crippen LogP contribution in [-0.2, 0) is 6.54 Å². The van der Waals surface area contributed by atoms with Crippen molar-refractivity contribution in [2.24, 2.45) is 0 Å². The van der Waals surface area contributed by atoms with Gasteiger partial charge in [0.1, 0.15) is 0 Å². The summed E-state index contributed by atoms with van der Waals surface area (Å²) in [4.78, 5) is 2.60. The molecule has 1 heterocycles. The number of aryl methyl sites for hydroxylation is 3. The van der Waals surface area contributed by atoms with Gasteiger partial charge in [-0.1, -0.05) is 12.1 Å². The lowest BCUT2D eigenvalue weighted by atomic mass is 10.0. The molecule has 1 aliphatic rings. The minimum absolute atomic E-state index is 0.661. The lowest BCUT2D eigenvalue weighted by molar-refractivity contribution is 0.251. The molecule has 1 saturated heterocycles. The van der Waals surface area contributed by atoms with Gasteiger partial charge in [0.25, 0.3) is 0 Å². The summed E-state index contributed by atoms with van der Waals surface area (Å²) >= 11 is 0. The zero-order valence-corrected chi connectivity index (χ0v) is 12.9. The van der Waals surface area contributed by atoms with E-state index in [9.17, 15) is 0 Å². The molecule has 1 aliphatic heterocycles. The van der Waals surface area contributed by atoms with Crippen molar-refractivity contribution in [2.75, 3.05) is 19.6 Å². The normalized spacial score (nSPS) is 17.9. The van der Waals surface area contributed by atoms with Gasteiger partial charge in [-0.2, -0.15) is 0 Å². The van der Waals surface area contributed by atoms with E-state index in [-0.39, 0.29) is 0 Å². The number of rotatable bonds is 5. The van der Waals surface area contributed by atoms with Crippen molar-refractivity contribution in [3.63, 3.8) is 0 Å². The van der Waals surface area contributed by atoms with Crippen LogP contribution in [0.3, 0.4) is 0 Å². The first-order valence-electron chi connectivity index (χ1n) is 7.59. The van der Waals surface area contributed by atoms with E-state index in [1.807, 2.05) is 0 Å². The fourth-order valence-electron chi connectivity index (χ4n) is 2.94. The molecule has 0 amide bonds. The average molecular weight is 260 g/mol. The molecule has 0 bridgehead atoms. The molecule has 0 radical (unpaired) electrons. The van der Waals surface area contributed by atoms with Gasteiger partial charge in [-0.25, -0.2) is 0 Å². The molecular weight excluding hydrogens is 232 g/mol. The van der Waals surface area contributed by atoms with Crippen LogP contribution in [0.1, 0.15) is 42.0 Å².